The average Bonchev–Trinajstić information content (AvgIpc) is 2.74. The van der Waals surface area contributed by atoms with E-state index in [9.17, 15) is 14.7 Å². The Bertz CT molecular complexity index is 931. The van der Waals surface area contributed by atoms with Crippen molar-refractivity contribution >= 4 is 17.8 Å². The van der Waals surface area contributed by atoms with Gasteiger partial charge in [0.15, 0.2) is 0 Å². The van der Waals surface area contributed by atoms with Crippen molar-refractivity contribution < 1.29 is 24.6 Å². The molecule has 1 fully saturated rings. The summed E-state index contributed by atoms with van der Waals surface area (Å²) in [6.07, 6.45) is 7.14. The lowest BCUT2D eigenvalue weighted by Gasteiger charge is -2.33. The second-order valence-electron chi connectivity index (χ2n) is 7.79. The monoisotopic (exact) mass is 443 g/mol. The number of hydrogen-bond acceptors (Lipinski definition) is 7. The van der Waals surface area contributed by atoms with E-state index in [2.05, 4.69) is 25.6 Å². The molecule has 4 N–H and O–H groups in total. The third-order valence-corrected chi connectivity index (χ3v) is 4.92. The van der Waals surface area contributed by atoms with E-state index < -0.39 is 12.1 Å². The van der Waals surface area contributed by atoms with E-state index in [1.807, 2.05) is 13.8 Å². The third-order valence-electron chi connectivity index (χ3n) is 4.92. The zero-order valence-electron chi connectivity index (χ0n) is 18.4. The molecule has 0 bridgehead atoms. The number of nitrogens with one attached hydrogen (secondary N) is 2. The predicted octanol–water partition coefficient (Wildman–Crippen LogP) is 1.16. The van der Waals surface area contributed by atoms with Crippen LogP contribution in [-0.2, 0) is 16.1 Å². The lowest BCUT2D eigenvalue weighted by molar-refractivity contribution is -0.134. The first-order chi connectivity index (χ1) is 15.2. The molecule has 2 amide bonds. The van der Waals surface area contributed by atoms with Crippen LogP contribution < -0.4 is 10.6 Å². The summed E-state index contributed by atoms with van der Waals surface area (Å²) < 4.78 is 0. The van der Waals surface area contributed by atoms with Crippen LogP contribution in [0.2, 0.25) is 0 Å². The van der Waals surface area contributed by atoms with E-state index >= 15 is 0 Å². The molecular formula is C22H29N5O5. The molecule has 172 valence electrons. The number of amides is 2. The summed E-state index contributed by atoms with van der Waals surface area (Å²) in [6, 6.07) is 1.38. The number of aryl methyl sites for hydroxylation is 2. The van der Waals surface area contributed by atoms with Crippen molar-refractivity contribution in [2.24, 2.45) is 5.92 Å². The molecule has 2 heterocycles. The molecule has 10 heteroatoms. The largest absolute Gasteiger partial charge is 0.481 e. The molecule has 0 saturated heterocycles. The minimum absolute atomic E-state index is 0.117. The van der Waals surface area contributed by atoms with Crippen molar-refractivity contribution in [2.75, 3.05) is 0 Å². The fraction of sp³-hybridized carbons (Fsp3) is 0.455. The van der Waals surface area contributed by atoms with E-state index in [0.717, 1.165) is 18.2 Å². The highest BCUT2D eigenvalue weighted by atomic mass is 16.4. The van der Waals surface area contributed by atoms with Crippen molar-refractivity contribution in [1.29, 1.82) is 0 Å². The van der Waals surface area contributed by atoms with Crippen LogP contribution >= 0.6 is 0 Å². The molecule has 3 atom stereocenters. The SMILES string of the molecule is CC(=O)O.Cc1cncc(C(=O)N[C@H]2CC[C@H](C(=O)NCc3cnc(C)cn3)C[C@@H]2O)c1. The maximum absolute atomic E-state index is 12.4. The molecule has 0 aliphatic heterocycles. The van der Waals surface area contributed by atoms with Gasteiger partial charge < -0.3 is 20.8 Å². The quantitative estimate of drug-likeness (QED) is 0.537. The van der Waals surface area contributed by atoms with Crippen LogP contribution in [0.4, 0.5) is 0 Å². The fourth-order valence-corrected chi connectivity index (χ4v) is 3.32. The number of pyridine rings is 1. The van der Waals surface area contributed by atoms with Crippen LogP contribution in [0.15, 0.2) is 30.9 Å². The van der Waals surface area contributed by atoms with E-state index in [1.165, 1.54) is 6.20 Å². The van der Waals surface area contributed by atoms with Gasteiger partial charge in [0.1, 0.15) is 0 Å². The molecule has 1 aliphatic carbocycles. The van der Waals surface area contributed by atoms with Crippen LogP contribution in [0.3, 0.4) is 0 Å². The number of aliphatic hydroxyl groups excluding tert-OH is 1. The van der Waals surface area contributed by atoms with Gasteiger partial charge in [-0.1, -0.05) is 0 Å². The van der Waals surface area contributed by atoms with Crippen molar-refractivity contribution in [2.45, 2.75) is 58.7 Å². The molecular weight excluding hydrogens is 414 g/mol. The Morgan fingerprint density at radius 2 is 1.81 bits per heavy atom. The minimum Gasteiger partial charge on any atom is -0.481 e. The van der Waals surface area contributed by atoms with Crippen molar-refractivity contribution in [3.63, 3.8) is 0 Å². The van der Waals surface area contributed by atoms with E-state index in [0.29, 0.717) is 37.1 Å². The molecule has 1 saturated carbocycles. The van der Waals surface area contributed by atoms with Gasteiger partial charge in [0, 0.05) is 31.4 Å². The number of carboxylic acid groups (broad SMARTS) is 1. The van der Waals surface area contributed by atoms with Crippen molar-refractivity contribution in [1.82, 2.24) is 25.6 Å². The summed E-state index contributed by atoms with van der Waals surface area (Å²) >= 11 is 0. The van der Waals surface area contributed by atoms with Crippen molar-refractivity contribution in [3.8, 4) is 0 Å². The highest BCUT2D eigenvalue weighted by molar-refractivity contribution is 5.94. The number of aliphatic carboxylic acids is 1. The number of aromatic nitrogens is 3. The van der Waals surface area contributed by atoms with Crippen LogP contribution in [0, 0.1) is 19.8 Å². The van der Waals surface area contributed by atoms with Gasteiger partial charge in [-0.05, 0) is 44.7 Å². The second kappa shape index (κ2) is 11.8. The Hall–Kier alpha value is -3.40. The normalized spacial score (nSPS) is 19.8. The number of rotatable bonds is 5. The fourth-order valence-electron chi connectivity index (χ4n) is 3.32. The Morgan fingerprint density at radius 1 is 1.09 bits per heavy atom. The number of carbonyl (C=O) groups is 3. The zero-order valence-corrected chi connectivity index (χ0v) is 18.4. The average molecular weight is 444 g/mol. The van der Waals surface area contributed by atoms with Crippen LogP contribution in [0.5, 0.6) is 0 Å². The lowest BCUT2D eigenvalue weighted by atomic mass is 9.83. The zero-order chi connectivity index (χ0) is 23.7. The summed E-state index contributed by atoms with van der Waals surface area (Å²) in [6.45, 7) is 5.10. The van der Waals surface area contributed by atoms with Gasteiger partial charge in [-0.2, -0.15) is 0 Å². The van der Waals surface area contributed by atoms with Gasteiger partial charge in [0.2, 0.25) is 5.91 Å². The lowest BCUT2D eigenvalue weighted by Crippen LogP contribution is -2.49. The van der Waals surface area contributed by atoms with Gasteiger partial charge in [0.05, 0.1) is 41.8 Å². The maximum Gasteiger partial charge on any atom is 0.300 e. The first-order valence-electron chi connectivity index (χ1n) is 10.3. The van der Waals surface area contributed by atoms with Crippen molar-refractivity contribution in [3.05, 3.63) is 53.4 Å². The van der Waals surface area contributed by atoms with Crippen LogP contribution in [0.1, 0.15) is 53.5 Å². The number of hydrogen-bond donors (Lipinski definition) is 4. The molecule has 0 radical (unpaired) electrons. The van der Waals surface area contributed by atoms with E-state index in [-0.39, 0.29) is 23.8 Å². The van der Waals surface area contributed by atoms with Gasteiger partial charge in [0.25, 0.3) is 11.9 Å². The van der Waals surface area contributed by atoms with Gasteiger partial charge in [-0.3, -0.25) is 29.3 Å². The first kappa shape index (κ1) is 24.9. The molecule has 10 nitrogen and oxygen atoms in total. The molecule has 0 spiro atoms. The second-order valence-corrected chi connectivity index (χ2v) is 7.79. The summed E-state index contributed by atoms with van der Waals surface area (Å²) in [4.78, 5) is 46.1. The Balaban J connectivity index is 0.000000837. The third kappa shape index (κ3) is 8.03. The van der Waals surface area contributed by atoms with Crippen LogP contribution in [-0.4, -0.2) is 55.1 Å². The molecule has 2 aromatic heterocycles. The maximum atomic E-state index is 12.4. The van der Waals surface area contributed by atoms with Gasteiger partial charge >= 0.3 is 0 Å². The molecule has 0 aromatic carbocycles. The molecule has 32 heavy (non-hydrogen) atoms. The van der Waals surface area contributed by atoms with Gasteiger partial charge in [-0.25, -0.2) is 0 Å². The standard InChI is InChI=1S/C20H25N5O3.C2H4O2/c1-12-5-15(9-21-7-12)20(28)25-17-4-3-14(6-18(17)26)19(27)24-11-16-10-22-13(2)8-23-16;1-2(3)4/h5,7-10,14,17-18,26H,3-4,6,11H2,1-2H3,(H,24,27)(H,25,28);1H3,(H,3,4)/t14-,17-,18-;/m0./s1. The number of carboxylic acids is 1. The Labute approximate surface area is 186 Å². The summed E-state index contributed by atoms with van der Waals surface area (Å²) in [5.41, 5.74) is 2.87. The Kier molecular flexibility index (Phi) is 9.21. The van der Waals surface area contributed by atoms with E-state index in [4.69, 9.17) is 9.90 Å². The summed E-state index contributed by atoms with van der Waals surface area (Å²) in [7, 11) is 0. The highest BCUT2D eigenvalue weighted by Crippen LogP contribution is 2.25. The molecule has 2 aromatic rings. The molecule has 0 unspecified atom stereocenters. The minimum atomic E-state index is -0.833. The van der Waals surface area contributed by atoms with Crippen LogP contribution in [0.25, 0.3) is 0 Å². The van der Waals surface area contributed by atoms with Gasteiger partial charge in [-0.15, -0.1) is 0 Å². The number of nitrogens with zero attached hydrogens (tertiary/aromatic N) is 3. The number of carbonyl (C=O) groups excluding carboxylic acids is 2. The van der Waals surface area contributed by atoms with E-state index in [1.54, 1.807) is 24.7 Å². The summed E-state index contributed by atoms with van der Waals surface area (Å²) in [5.74, 6) is -1.50. The topological polar surface area (TPSA) is 154 Å². The predicted molar refractivity (Wildman–Crippen MR) is 116 cm³/mol. The highest BCUT2D eigenvalue weighted by Gasteiger charge is 2.33. The smallest absolute Gasteiger partial charge is 0.300 e. The molecule has 3 rings (SSSR count). The Morgan fingerprint density at radius 3 is 2.41 bits per heavy atom. The first-order valence-corrected chi connectivity index (χ1v) is 10.3. The number of aliphatic hydroxyl groups is 1. The molecule has 1 aliphatic rings. The summed E-state index contributed by atoms with van der Waals surface area (Å²) in [5, 5.41) is 23.5.